The molecule has 7 heteroatoms. The zero-order valence-electron chi connectivity index (χ0n) is 41.7. The summed E-state index contributed by atoms with van der Waals surface area (Å²) in [5.74, 6) is 1.26. The number of rotatable bonds is 26. The van der Waals surface area contributed by atoms with Crippen molar-refractivity contribution in [2.75, 3.05) is 0 Å². The fourth-order valence-electron chi connectivity index (χ4n) is 11.7. The fourth-order valence-corrected chi connectivity index (χ4v) is 11.7. The van der Waals surface area contributed by atoms with Crippen molar-refractivity contribution >= 4 is 0 Å². The Kier molecular flexibility index (Phi) is 18.4. The van der Waals surface area contributed by atoms with Crippen molar-refractivity contribution < 1.29 is 23.0 Å². The maximum absolute atomic E-state index is 16.8. The molecule has 4 atom stereocenters. The van der Waals surface area contributed by atoms with E-state index in [0.717, 1.165) is 74.3 Å². The molecule has 2 saturated heterocycles. The molecule has 2 saturated carbocycles. The van der Waals surface area contributed by atoms with Crippen LogP contribution in [-0.2, 0) is 22.3 Å². The molecule has 5 nitrogen and oxygen atoms in total. The molecule has 4 heterocycles. The number of benzene rings is 2. The molecule has 2 aliphatic carbocycles. The summed E-state index contributed by atoms with van der Waals surface area (Å²) in [4.78, 5) is 9.03. The lowest BCUT2D eigenvalue weighted by atomic mass is 9.77. The number of aromatic nitrogens is 2. The summed E-state index contributed by atoms with van der Waals surface area (Å²) in [5, 5.41) is 0. The van der Waals surface area contributed by atoms with Gasteiger partial charge in [-0.05, 0) is 111 Å². The van der Waals surface area contributed by atoms with Crippen LogP contribution in [0.2, 0.25) is 0 Å². The minimum absolute atomic E-state index is 0.0470. The van der Waals surface area contributed by atoms with Gasteiger partial charge in [0, 0.05) is 35.1 Å². The Morgan fingerprint density at radius 1 is 0.463 bits per heavy atom. The Morgan fingerprint density at radius 3 is 1.18 bits per heavy atom. The molecule has 4 aromatic rings. The van der Waals surface area contributed by atoms with Gasteiger partial charge in [-0.25, -0.2) is 9.97 Å². The third-order valence-electron chi connectivity index (χ3n) is 16.1. The van der Waals surface area contributed by atoms with Gasteiger partial charge in [-0.15, -0.1) is 0 Å². The van der Waals surface area contributed by atoms with E-state index >= 15 is 8.78 Å². The molecule has 2 aromatic carbocycles. The van der Waals surface area contributed by atoms with Crippen molar-refractivity contribution in [2.45, 2.75) is 231 Å². The maximum atomic E-state index is 16.8. The van der Waals surface area contributed by atoms with E-state index in [9.17, 15) is 0 Å². The van der Waals surface area contributed by atoms with E-state index in [1.807, 2.05) is 12.1 Å². The molecule has 4 fully saturated rings. The van der Waals surface area contributed by atoms with Gasteiger partial charge < -0.3 is 14.2 Å². The van der Waals surface area contributed by atoms with Gasteiger partial charge in [0.1, 0.15) is 0 Å². The number of hydrogen-bond donors (Lipinski definition) is 0. The number of ether oxygens (including phenoxy) is 3. The van der Waals surface area contributed by atoms with Crippen LogP contribution in [-0.4, -0.2) is 34.4 Å². The van der Waals surface area contributed by atoms with E-state index in [4.69, 9.17) is 14.2 Å². The first-order valence-corrected chi connectivity index (χ1v) is 27.4. The van der Waals surface area contributed by atoms with Crippen molar-refractivity contribution in [1.29, 1.82) is 0 Å². The molecule has 0 bridgehead atoms. The molecular formula is C60H82F2N2O3. The van der Waals surface area contributed by atoms with E-state index in [-0.39, 0.29) is 35.9 Å². The molecule has 8 rings (SSSR count). The molecule has 0 N–H and O–H groups in total. The molecule has 4 aliphatic rings. The number of nitrogens with zero attached hydrogens (tertiary/aromatic N) is 2. The highest BCUT2D eigenvalue weighted by atomic mass is 19.1. The summed E-state index contributed by atoms with van der Waals surface area (Å²) in [5.41, 5.74) is 6.80. The Hall–Kier alpha value is -3.68. The molecule has 0 radical (unpaired) electrons. The maximum Gasteiger partial charge on any atom is 0.256 e. The van der Waals surface area contributed by atoms with E-state index < -0.39 is 11.9 Å². The van der Waals surface area contributed by atoms with Crippen molar-refractivity contribution in [3.05, 3.63) is 94.8 Å². The van der Waals surface area contributed by atoms with Gasteiger partial charge in [0.25, 0.3) is 11.9 Å². The lowest BCUT2D eigenvalue weighted by Gasteiger charge is -2.29. The SMILES string of the molecule is CCCCC[C@@H]1O[C@H]1Cc1cc(-c2ccc([C@H]3CC[C@H](CCCCC)CC3)cc2)nc(F)c1Oc1c(C[C@@H]2O[C@H]2CCCCC)cc(-c2ccc([C@H]3CC[C@H](CCCCC)CC3)cc2)nc1F. The van der Waals surface area contributed by atoms with Crippen LogP contribution in [0.3, 0.4) is 0 Å². The van der Waals surface area contributed by atoms with Crippen LogP contribution in [0.15, 0.2) is 60.7 Å². The summed E-state index contributed by atoms with van der Waals surface area (Å²) < 4.78 is 52.4. The van der Waals surface area contributed by atoms with Gasteiger partial charge in [0.2, 0.25) is 0 Å². The van der Waals surface area contributed by atoms with Crippen molar-refractivity contribution in [1.82, 2.24) is 9.97 Å². The van der Waals surface area contributed by atoms with Gasteiger partial charge in [-0.2, -0.15) is 8.78 Å². The van der Waals surface area contributed by atoms with Gasteiger partial charge >= 0.3 is 0 Å². The number of halogens is 2. The predicted octanol–water partition coefficient (Wildman–Crippen LogP) is 17.4. The minimum Gasteiger partial charge on any atom is -0.447 e. The second-order valence-corrected chi connectivity index (χ2v) is 21.2. The first kappa shape index (κ1) is 49.7. The molecule has 2 aliphatic heterocycles. The third kappa shape index (κ3) is 13.8. The smallest absolute Gasteiger partial charge is 0.256 e. The van der Waals surface area contributed by atoms with E-state index in [1.54, 1.807) is 0 Å². The first-order valence-electron chi connectivity index (χ1n) is 27.4. The summed E-state index contributed by atoms with van der Waals surface area (Å²) in [6, 6.07) is 21.1. The Morgan fingerprint density at radius 2 is 0.821 bits per heavy atom. The van der Waals surface area contributed by atoms with Crippen LogP contribution in [0.1, 0.15) is 216 Å². The van der Waals surface area contributed by atoms with Gasteiger partial charge in [0.05, 0.1) is 35.8 Å². The van der Waals surface area contributed by atoms with Crippen LogP contribution in [0.25, 0.3) is 22.5 Å². The van der Waals surface area contributed by atoms with E-state index in [1.165, 1.54) is 114 Å². The summed E-state index contributed by atoms with van der Waals surface area (Å²) >= 11 is 0. The van der Waals surface area contributed by atoms with Crippen molar-refractivity contribution in [3.8, 4) is 34.0 Å². The zero-order valence-corrected chi connectivity index (χ0v) is 41.7. The monoisotopic (exact) mass is 917 g/mol. The molecule has 364 valence electrons. The van der Waals surface area contributed by atoms with Crippen LogP contribution in [0, 0.1) is 23.7 Å². The predicted molar refractivity (Wildman–Crippen MR) is 270 cm³/mol. The fraction of sp³-hybridized carbons (Fsp3) is 0.633. The highest BCUT2D eigenvalue weighted by molar-refractivity contribution is 5.64. The average Bonchev–Trinajstić information content (AvgIpc) is 4.28. The number of epoxide rings is 2. The molecular weight excluding hydrogens is 835 g/mol. The van der Waals surface area contributed by atoms with Gasteiger partial charge in [-0.3, -0.25) is 0 Å². The van der Waals surface area contributed by atoms with Crippen molar-refractivity contribution in [2.24, 2.45) is 11.8 Å². The number of unbranched alkanes of at least 4 members (excludes halogenated alkanes) is 8. The topological polar surface area (TPSA) is 60.1 Å². The molecule has 0 amide bonds. The zero-order chi connectivity index (χ0) is 46.5. The highest BCUT2D eigenvalue weighted by Crippen LogP contribution is 2.43. The Balaban J connectivity index is 1.03. The molecule has 0 unspecified atom stereocenters. The van der Waals surface area contributed by atoms with Crippen molar-refractivity contribution in [3.63, 3.8) is 0 Å². The van der Waals surface area contributed by atoms with Gasteiger partial charge in [-0.1, -0.05) is 166 Å². The Bertz CT molecular complexity index is 1970. The van der Waals surface area contributed by atoms with Crippen LogP contribution in [0.5, 0.6) is 11.5 Å². The van der Waals surface area contributed by atoms with Crippen LogP contribution in [0.4, 0.5) is 8.78 Å². The minimum atomic E-state index is -0.749. The summed E-state index contributed by atoms with van der Waals surface area (Å²) in [7, 11) is 0. The average molecular weight is 917 g/mol. The van der Waals surface area contributed by atoms with Gasteiger partial charge in [0.15, 0.2) is 11.5 Å². The number of pyridine rings is 2. The van der Waals surface area contributed by atoms with E-state index in [0.29, 0.717) is 47.2 Å². The lowest BCUT2D eigenvalue weighted by molar-refractivity contribution is 0.303. The Labute approximate surface area is 403 Å². The third-order valence-corrected chi connectivity index (χ3v) is 16.1. The highest BCUT2D eigenvalue weighted by Gasteiger charge is 2.41. The number of hydrogen-bond acceptors (Lipinski definition) is 5. The second-order valence-electron chi connectivity index (χ2n) is 21.2. The van der Waals surface area contributed by atoms with E-state index in [2.05, 4.69) is 86.2 Å². The second kappa shape index (κ2) is 24.7. The molecule has 0 spiro atoms. The van der Waals surface area contributed by atoms with Crippen LogP contribution >= 0.6 is 0 Å². The molecule has 2 aromatic heterocycles. The largest absolute Gasteiger partial charge is 0.447 e. The lowest BCUT2D eigenvalue weighted by Crippen LogP contribution is -2.13. The normalized spacial score (nSPS) is 24.7. The summed E-state index contributed by atoms with van der Waals surface area (Å²) in [6.45, 7) is 8.97. The summed E-state index contributed by atoms with van der Waals surface area (Å²) in [6.07, 6.45) is 30.6. The first-order chi connectivity index (χ1) is 32.8. The standard InChI is InChI=1S/C60H82F2N2O3/c1-5-9-13-17-41-21-25-43(26-22-41)45-29-33-47(34-30-45)51-37-49(39-55-53(65-55)19-15-11-7-3)57(59(61)63-51)67-58-50(40-56-54(66-56)20-16-12-8-4)38-52(64-60(58)62)48-35-31-46(32-36-48)44-27-23-42(24-28-44)18-14-10-6-2/h29-38,41-44,53-56H,5-28,39-40H2,1-4H3/t41-,42-,43-,44-,53-,54-,55-,56-/m0/s1. The molecule has 67 heavy (non-hydrogen) atoms. The van der Waals surface area contributed by atoms with Crippen LogP contribution < -0.4 is 4.74 Å². The quantitative estimate of drug-likeness (QED) is 0.0357.